The Morgan fingerprint density at radius 3 is 3.00 bits per heavy atom. The molecule has 1 heterocycles. The molecule has 86 valence electrons. The second-order valence-corrected chi connectivity index (χ2v) is 4.11. The van der Waals surface area contributed by atoms with Crippen LogP contribution in [0.5, 0.6) is 5.75 Å². The lowest BCUT2D eigenvalue weighted by Crippen LogP contribution is -2.27. The zero-order valence-electron chi connectivity index (χ0n) is 8.83. The third kappa shape index (κ3) is 2.04. The van der Waals surface area contributed by atoms with Gasteiger partial charge in [-0.15, -0.1) is 0 Å². The minimum absolute atomic E-state index is 0.192. The molecule has 2 rings (SSSR count). The summed E-state index contributed by atoms with van der Waals surface area (Å²) in [5.41, 5.74) is 6.78. The first kappa shape index (κ1) is 11.4. The summed E-state index contributed by atoms with van der Waals surface area (Å²) in [7, 11) is 0. The summed E-state index contributed by atoms with van der Waals surface area (Å²) in [6.45, 7) is 2.27. The summed E-state index contributed by atoms with van der Waals surface area (Å²) in [6.07, 6.45) is 0. The molecule has 1 aromatic rings. The molecular weight excluding hydrogens is 230 g/mol. The highest BCUT2D eigenvalue weighted by Crippen LogP contribution is 2.30. The number of hydrogen-bond donors (Lipinski definition) is 1. The Kier molecular flexibility index (Phi) is 3.14. The molecule has 5 heteroatoms. The van der Waals surface area contributed by atoms with Gasteiger partial charge < -0.3 is 15.2 Å². The highest BCUT2D eigenvalue weighted by atomic mass is 35.5. The van der Waals surface area contributed by atoms with Gasteiger partial charge in [0, 0.05) is 11.1 Å². The maximum atomic E-state index is 11.8. The van der Waals surface area contributed by atoms with Crippen LogP contribution in [-0.2, 0) is 11.3 Å². The van der Waals surface area contributed by atoms with Crippen LogP contribution < -0.4 is 10.5 Å². The number of fused-ring (bicyclic) bond motifs is 1. The van der Waals surface area contributed by atoms with Crippen LogP contribution in [0.1, 0.15) is 22.8 Å². The topological polar surface area (TPSA) is 61.6 Å². The van der Waals surface area contributed by atoms with Gasteiger partial charge in [-0.2, -0.15) is 0 Å². The minimum atomic E-state index is -0.574. The lowest BCUT2D eigenvalue weighted by Gasteiger charge is -2.19. The number of ether oxygens (including phenoxy) is 2. The summed E-state index contributed by atoms with van der Waals surface area (Å²) in [4.78, 5) is 11.8. The number of rotatable bonds is 2. The molecule has 0 saturated carbocycles. The van der Waals surface area contributed by atoms with Crippen LogP contribution in [0.15, 0.2) is 12.1 Å². The van der Waals surface area contributed by atoms with Gasteiger partial charge in [0.1, 0.15) is 5.75 Å². The van der Waals surface area contributed by atoms with E-state index in [-0.39, 0.29) is 12.6 Å². The Morgan fingerprint density at radius 1 is 1.56 bits per heavy atom. The normalized spacial score (nSPS) is 16.2. The van der Waals surface area contributed by atoms with E-state index in [1.807, 2.05) is 0 Å². The van der Waals surface area contributed by atoms with Crippen molar-refractivity contribution in [3.63, 3.8) is 0 Å². The Morgan fingerprint density at radius 2 is 2.31 bits per heavy atom. The first-order valence-corrected chi connectivity index (χ1v) is 5.30. The molecule has 4 nitrogen and oxygen atoms in total. The van der Waals surface area contributed by atoms with Crippen LogP contribution in [0.3, 0.4) is 0 Å². The maximum absolute atomic E-state index is 11.8. The predicted molar refractivity (Wildman–Crippen MR) is 59.7 cm³/mol. The largest absolute Gasteiger partial charge is 0.467 e. The molecule has 0 saturated heterocycles. The molecule has 0 spiro atoms. The van der Waals surface area contributed by atoms with Gasteiger partial charge in [0.05, 0.1) is 17.7 Å². The summed E-state index contributed by atoms with van der Waals surface area (Å²) >= 11 is 6.01. The smallest absolute Gasteiger partial charge is 0.189 e. The van der Waals surface area contributed by atoms with E-state index in [2.05, 4.69) is 0 Å². The third-order valence-electron chi connectivity index (χ3n) is 2.38. The highest BCUT2D eigenvalue weighted by Gasteiger charge is 2.19. The molecule has 1 aromatic carbocycles. The molecule has 0 radical (unpaired) electrons. The van der Waals surface area contributed by atoms with Crippen LogP contribution in [0.25, 0.3) is 0 Å². The van der Waals surface area contributed by atoms with Gasteiger partial charge in [0.2, 0.25) is 0 Å². The first-order valence-electron chi connectivity index (χ1n) is 4.92. The van der Waals surface area contributed by atoms with Gasteiger partial charge in [0.25, 0.3) is 0 Å². The lowest BCUT2D eigenvalue weighted by atomic mass is 10.0. The van der Waals surface area contributed by atoms with Crippen molar-refractivity contribution in [2.24, 2.45) is 5.73 Å². The average Bonchev–Trinajstić information content (AvgIpc) is 2.27. The Hall–Kier alpha value is -1.10. The van der Waals surface area contributed by atoms with E-state index >= 15 is 0 Å². The Bertz CT molecular complexity index is 431. The SMILES string of the molecule is CC(N)C(=O)c1cc2c(cc1Cl)COCO2. The zero-order valence-corrected chi connectivity index (χ0v) is 9.58. The van der Waals surface area contributed by atoms with Crippen molar-refractivity contribution in [2.45, 2.75) is 19.6 Å². The summed E-state index contributed by atoms with van der Waals surface area (Å²) in [5, 5.41) is 0.384. The lowest BCUT2D eigenvalue weighted by molar-refractivity contribution is -0.0164. The standard InChI is InChI=1S/C11H12ClNO3/c1-6(13)11(14)8-3-10-7(2-9(8)12)4-15-5-16-10/h2-3,6H,4-5,13H2,1H3. The highest BCUT2D eigenvalue weighted by molar-refractivity contribution is 6.34. The summed E-state index contributed by atoms with van der Waals surface area (Å²) in [6, 6.07) is 2.74. The van der Waals surface area contributed by atoms with E-state index < -0.39 is 6.04 Å². The molecule has 1 atom stereocenters. The second kappa shape index (κ2) is 4.41. The van der Waals surface area contributed by atoms with E-state index in [1.165, 1.54) is 0 Å². The van der Waals surface area contributed by atoms with Crippen molar-refractivity contribution in [3.8, 4) is 5.75 Å². The summed E-state index contributed by atoms with van der Waals surface area (Å²) in [5.74, 6) is 0.447. The molecule has 0 aliphatic carbocycles. The number of halogens is 1. The van der Waals surface area contributed by atoms with Gasteiger partial charge in [-0.1, -0.05) is 11.6 Å². The van der Waals surface area contributed by atoms with E-state index in [9.17, 15) is 4.79 Å². The van der Waals surface area contributed by atoms with Crippen LogP contribution in [0, 0.1) is 0 Å². The maximum Gasteiger partial charge on any atom is 0.189 e. The van der Waals surface area contributed by atoms with Crippen molar-refractivity contribution < 1.29 is 14.3 Å². The van der Waals surface area contributed by atoms with Gasteiger partial charge in [-0.25, -0.2) is 0 Å². The number of benzene rings is 1. The van der Waals surface area contributed by atoms with Gasteiger partial charge in [-0.3, -0.25) is 4.79 Å². The van der Waals surface area contributed by atoms with E-state index in [4.69, 9.17) is 26.8 Å². The van der Waals surface area contributed by atoms with Gasteiger partial charge >= 0.3 is 0 Å². The Balaban J connectivity index is 2.43. The first-order chi connectivity index (χ1) is 7.59. The fourth-order valence-corrected chi connectivity index (χ4v) is 1.81. The minimum Gasteiger partial charge on any atom is -0.467 e. The monoisotopic (exact) mass is 241 g/mol. The molecule has 0 amide bonds. The fourth-order valence-electron chi connectivity index (χ4n) is 1.53. The van der Waals surface area contributed by atoms with Crippen LogP contribution in [-0.4, -0.2) is 18.6 Å². The van der Waals surface area contributed by atoms with Crippen molar-refractivity contribution >= 4 is 17.4 Å². The number of carbonyl (C=O) groups is 1. The zero-order chi connectivity index (χ0) is 11.7. The third-order valence-corrected chi connectivity index (χ3v) is 2.70. The quantitative estimate of drug-likeness (QED) is 0.802. The average molecular weight is 242 g/mol. The van der Waals surface area contributed by atoms with E-state index in [1.54, 1.807) is 19.1 Å². The van der Waals surface area contributed by atoms with Crippen molar-refractivity contribution in [1.29, 1.82) is 0 Å². The van der Waals surface area contributed by atoms with Gasteiger partial charge in [-0.05, 0) is 19.1 Å². The predicted octanol–water partition coefficient (Wildman–Crippen LogP) is 1.74. The van der Waals surface area contributed by atoms with Crippen molar-refractivity contribution in [1.82, 2.24) is 0 Å². The number of ketones is 1. The van der Waals surface area contributed by atoms with Crippen LogP contribution in [0.4, 0.5) is 0 Å². The van der Waals surface area contributed by atoms with Crippen molar-refractivity contribution in [3.05, 3.63) is 28.3 Å². The number of hydrogen-bond acceptors (Lipinski definition) is 4. The van der Waals surface area contributed by atoms with Crippen LogP contribution >= 0.6 is 11.6 Å². The van der Waals surface area contributed by atoms with E-state index in [0.717, 1.165) is 5.56 Å². The molecule has 1 aliphatic heterocycles. The van der Waals surface area contributed by atoms with E-state index in [0.29, 0.717) is 22.9 Å². The molecule has 0 aromatic heterocycles. The number of carbonyl (C=O) groups excluding carboxylic acids is 1. The number of Topliss-reactive ketones (excluding diaryl/α,β-unsaturated/α-hetero) is 1. The van der Waals surface area contributed by atoms with Gasteiger partial charge in [0.15, 0.2) is 12.6 Å². The molecule has 1 unspecified atom stereocenters. The number of nitrogens with two attached hydrogens (primary N) is 1. The second-order valence-electron chi connectivity index (χ2n) is 3.70. The molecule has 16 heavy (non-hydrogen) atoms. The summed E-state index contributed by atoms with van der Waals surface area (Å²) < 4.78 is 10.4. The van der Waals surface area contributed by atoms with Crippen LogP contribution in [0.2, 0.25) is 5.02 Å². The molecular formula is C11H12ClNO3. The molecule has 0 fully saturated rings. The Labute approximate surface area is 98.3 Å². The van der Waals surface area contributed by atoms with Crippen molar-refractivity contribution in [2.75, 3.05) is 6.79 Å². The molecule has 0 bridgehead atoms. The fraction of sp³-hybridized carbons (Fsp3) is 0.364. The molecule has 1 aliphatic rings. The molecule has 2 N–H and O–H groups in total.